The van der Waals surface area contributed by atoms with E-state index in [1.807, 2.05) is 255 Å². The normalized spacial score (nSPS) is 14.6. The first kappa shape index (κ1) is 70.0. The zero-order valence-electron chi connectivity index (χ0n) is 59.5. The topological polar surface area (TPSA) is 116 Å². The van der Waals surface area contributed by atoms with Gasteiger partial charge >= 0.3 is 446 Å². The number of benzene rings is 13. The van der Waals surface area contributed by atoms with E-state index in [1.54, 1.807) is 18.2 Å². The molecule has 0 fully saturated rings. The summed E-state index contributed by atoms with van der Waals surface area (Å²) in [7, 11) is -2.24. The molecule has 524 valence electrons. The first-order chi connectivity index (χ1) is 53.8. The van der Waals surface area contributed by atoms with Crippen molar-refractivity contribution in [3.63, 3.8) is 0 Å². The van der Waals surface area contributed by atoms with Gasteiger partial charge in [0.1, 0.15) is 8.07 Å². The molecule has 3 heterocycles. The molecule has 2 aromatic heterocycles. The zero-order valence-corrected chi connectivity index (χ0v) is 64.6. The van der Waals surface area contributed by atoms with Gasteiger partial charge in [-0.25, -0.2) is 0 Å². The van der Waals surface area contributed by atoms with Crippen molar-refractivity contribution in [3.8, 4) is 0 Å². The monoisotopic (exact) mass is 1620 g/mol. The first-order valence-electron chi connectivity index (χ1n) is 36.0. The molecule has 19 rings (SSSR count). The van der Waals surface area contributed by atoms with Crippen molar-refractivity contribution in [2.45, 2.75) is 13.1 Å². The van der Waals surface area contributed by atoms with E-state index in [0.29, 0.717) is 39.1 Å². The van der Waals surface area contributed by atoms with Crippen molar-refractivity contribution in [2.75, 3.05) is 14.7 Å². The minimum atomic E-state index is -2.24. The maximum absolute atomic E-state index is 13.8. The molecule has 10 nitrogen and oxygen atoms in total. The molecule has 4 aliphatic rings. The molecule has 15 aromatic rings. The molecular weight excluding hydrogens is 1550 g/mol. The number of ketones is 6. The number of hydrogen-bond donors (Lipinski definition) is 0. The van der Waals surface area contributed by atoms with Crippen LogP contribution < -0.4 is 14.7 Å². The Labute approximate surface area is 652 Å². The predicted octanol–water partition coefficient (Wildman–Crippen LogP) is 23.0. The molecule has 0 unspecified atom stereocenters. The Morgan fingerprint density at radius 3 is 1.20 bits per heavy atom. The van der Waals surface area contributed by atoms with E-state index in [4.69, 9.17) is 6.57 Å². The second kappa shape index (κ2) is 29.6. The number of carbonyl (C=O) groups is 6. The van der Waals surface area contributed by atoms with Crippen LogP contribution in [0, 0.1) is 6.57 Å². The average Bonchev–Trinajstić information content (AvgIpc) is 1.52. The molecule has 1 aliphatic heterocycles. The second-order valence-corrected chi connectivity index (χ2v) is 37.1. The molecule has 0 saturated heterocycles. The first-order valence-corrected chi connectivity index (χ1v) is 43.0. The molecule has 0 bridgehead atoms. The number of rotatable bonds is 12. The Morgan fingerprint density at radius 1 is 0.336 bits per heavy atom. The van der Waals surface area contributed by atoms with Crippen LogP contribution in [0.5, 0.6) is 0 Å². The van der Waals surface area contributed by atoms with Crippen LogP contribution >= 0.6 is 0 Å². The van der Waals surface area contributed by atoms with E-state index in [1.165, 1.54) is 9.02 Å². The van der Waals surface area contributed by atoms with Crippen LogP contribution in [0.1, 0.15) is 70.2 Å². The van der Waals surface area contributed by atoms with Crippen LogP contribution in [0.2, 0.25) is 13.1 Å². The van der Waals surface area contributed by atoms with E-state index in [9.17, 15) is 28.8 Å². The van der Waals surface area contributed by atoms with Crippen LogP contribution in [-0.4, -0.2) is 77.7 Å². The summed E-state index contributed by atoms with van der Waals surface area (Å²) in [5, 5.41) is 9.52. The number of Topliss-reactive ketones (excluding diaryl/α,β-unsaturated/α-hetero) is 6. The van der Waals surface area contributed by atoms with E-state index in [0.717, 1.165) is 95.0 Å². The molecular formula is C97H64N4O6SeSiTe. The van der Waals surface area contributed by atoms with Crippen molar-refractivity contribution in [1.82, 2.24) is 0 Å². The Balaban J connectivity index is 0.000000121. The summed E-state index contributed by atoms with van der Waals surface area (Å²) in [5.74, 6) is -1.10. The van der Waals surface area contributed by atoms with Crippen LogP contribution in [0.15, 0.2) is 367 Å². The quantitative estimate of drug-likeness (QED) is 0.0387. The Morgan fingerprint density at radius 2 is 0.727 bits per heavy atom. The predicted molar refractivity (Wildman–Crippen MR) is 450 cm³/mol. The van der Waals surface area contributed by atoms with Gasteiger partial charge in [0.25, 0.3) is 0 Å². The van der Waals surface area contributed by atoms with Gasteiger partial charge in [-0.3, -0.25) is 9.59 Å². The fourth-order valence-corrected chi connectivity index (χ4v) is 22.7. The van der Waals surface area contributed by atoms with Gasteiger partial charge in [0.15, 0.2) is 11.6 Å². The Hall–Kier alpha value is -13.0. The molecule has 0 spiro atoms. The summed E-state index contributed by atoms with van der Waals surface area (Å²) in [6.45, 7) is 11.8. The minimum absolute atomic E-state index is 0.152. The van der Waals surface area contributed by atoms with Crippen molar-refractivity contribution in [3.05, 3.63) is 420 Å². The number of carbonyl (C=O) groups excluding carboxylic acids is 6. The van der Waals surface area contributed by atoms with E-state index >= 15 is 0 Å². The van der Waals surface area contributed by atoms with Gasteiger partial charge in [0, 0.05) is 27.8 Å². The van der Waals surface area contributed by atoms with E-state index < -0.39 is 28.5 Å². The van der Waals surface area contributed by atoms with Gasteiger partial charge in [-0.1, -0.05) is 91.1 Å². The fraction of sp³-hybridized carbons (Fsp3) is 0.0206. The maximum atomic E-state index is 13.8. The van der Waals surface area contributed by atoms with Gasteiger partial charge in [0.2, 0.25) is 0 Å². The average molecular weight is 1620 g/mol. The SMILES string of the molecule is C[Si]1(C)C(/C=C2\C(=O)c3ccc4ccccc4c3C2=O)=CC=C1N(c1ccccc1)c1ccccc1.O=C1/C(=C/c2ccc(N(c3ccccc3)c3ccccc3)[te]2)C(=O)c2c1ccc1ccccc21.[C-]#[N+]c1ccc(N(c2ccccc2)c2ccc(C=C3C(=O)c4c(c5ccccc5c5ccccc45)C3=O)[se]2)cc1. The Bertz CT molecular complexity index is 6360. The van der Waals surface area contributed by atoms with Crippen LogP contribution in [0.3, 0.4) is 0 Å². The fourth-order valence-electron chi connectivity index (χ4n) is 15.2. The number of hydrogen-bond acceptors (Lipinski definition) is 9. The third kappa shape index (κ3) is 12.8. The zero-order chi connectivity index (χ0) is 75.2. The van der Waals surface area contributed by atoms with Crippen LogP contribution in [0.4, 0.5) is 48.1 Å². The number of allylic oxidation sites excluding steroid dienone is 7. The van der Waals surface area contributed by atoms with Gasteiger partial charge in [-0.15, -0.1) is 0 Å². The summed E-state index contributed by atoms with van der Waals surface area (Å²) in [6, 6.07) is 106. The molecule has 13 aromatic carbocycles. The standard InChI is InChI=1S/C35H20N2O2Se.C32H25NO2Si.C30H19NO2Te/c1-36-22-15-17-24(18-16-22)37(23-9-3-2-4-10-23)31-20-19-25(40-31)21-30-34(38)32-28-13-7-5-11-26(28)27-12-6-8-14-29(27)33(32)35(30)39;1-36(2)25(18-20-29(36)33(23-12-5-3-6-13-23)24-14-7-4-8-15-24)21-28-31(34)27-19-17-22-11-9-10-16-26(22)30(27)32(28)35;32-29-25-17-15-20-9-7-8-14-24(20)28(25)30(33)26(29)19-23-16-18-27(34-23)31(21-10-3-1-4-11-21)22-12-5-2-6-13-22/h2-21H;3-21H,1-2H3;1-19H/b;28-21+;26-19-. The number of para-hydroxylation sites is 5. The Kier molecular flexibility index (Phi) is 18.9. The summed E-state index contributed by atoms with van der Waals surface area (Å²) < 4.78 is 4.33. The van der Waals surface area contributed by atoms with Crippen LogP contribution in [0.25, 0.3) is 60.1 Å². The van der Waals surface area contributed by atoms with Crippen LogP contribution in [-0.2, 0) is 0 Å². The molecule has 0 radical (unpaired) electrons. The van der Waals surface area contributed by atoms with Gasteiger partial charge < -0.3 is 4.90 Å². The summed E-state index contributed by atoms with van der Waals surface area (Å²) >= 11 is -0.956. The van der Waals surface area contributed by atoms with Crippen molar-refractivity contribution in [2.24, 2.45) is 0 Å². The summed E-state index contributed by atoms with van der Waals surface area (Å²) in [6.07, 6.45) is 9.74. The molecule has 0 atom stereocenters. The van der Waals surface area contributed by atoms with Crippen molar-refractivity contribution < 1.29 is 28.8 Å². The summed E-state index contributed by atoms with van der Waals surface area (Å²) in [5.41, 5.74) is 10.8. The molecule has 0 saturated carbocycles. The van der Waals surface area contributed by atoms with Gasteiger partial charge in [-0.05, 0) is 53.3 Å². The number of anilines is 8. The van der Waals surface area contributed by atoms with E-state index in [2.05, 4.69) is 112 Å². The third-order valence-electron chi connectivity index (χ3n) is 20.5. The third-order valence-corrected chi connectivity index (χ3v) is 29.0. The number of nitrogens with zero attached hydrogens (tertiary/aromatic N) is 4. The van der Waals surface area contributed by atoms with Crippen molar-refractivity contribution >= 4 is 181 Å². The molecule has 110 heavy (non-hydrogen) atoms. The second-order valence-electron chi connectivity index (χ2n) is 27.4. The van der Waals surface area contributed by atoms with E-state index in [-0.39, 0.29) is 65.9 Å². The van der Waals surface area contributed by atoms with Gasteiger partial charge in [0.05, 0.1) is 5.57 Å². The molecule has 3 aliphatic carbocycles. The van der Waals surface area contributed by atoms with Crippen molar-refractivity contribution in [1.29, 1.82) is 0 Å². The van der Waals surface area contributed by atoms with Gasteiger partial charge in [-0.2, -0.15) is 0 Å². The number of fused-ring (bicyclic) bond motifs is 12. The summed E-state index contributed by atoms with van der Waals surface area (Å²) in [4.78, 5) is 91.3. The molecule has 0 N–H and O–H groups in total. The molecule has 13 heteroatoms. The molecule has 0 amide bonds.